The average Bonchev–Trinajstić information content (AvgIpc) is 1.30. The van der Waals surface area contributed by atoms with Gasteiger partial charge in [-0.15, -0.1) is 0 Å². The normalized spacial score (nSPS) is 24.9. The average molecular weight is 1270 g/mol. The number of phenolic OH excluding ortho intramolecular Hbond substituents is 2. The van der Waals surface area contributed by atoms with Gasteiger partial charge in [-0.05, 0) is 25.8 Å². The lowest BCUT2D eigenvalue weighted by Crippen LogP contribution is -2.47. The fourth-order valence-corrected chi connectivity index (χ4v) is 13.1. The molecule has 480 valence electrons. The molecular weight excluding hydrogens is 1190 g/mol. The molecule has 88 heavy (non-hydrogen) atoms. The first-order chi connectivity index (χ1) is 41.1. The van der Waals surface area contributed by atoms with Crippen molar-refractivity contribution in [3.8, 4) is 28.7 Å². The number of amides is 3. The van der Waals surface area contributed by atoms with Crippen LogP contribution in [0.5, 0.6) is 17.2 Å². The smallest absolute Gasteiger partial charge is 0.360 e. The van der Waals surface area contributed by atoms with Crippen molar-refractivity contribution in [2.24, 2.45) is 23.7 Å². The Morgan fingerprint density at radius 2 is 1.58 bits per heavy atom. The van der Waals surface area contributed by atoms with E-state index < -0.39 is 152 Å². The number of fused-ring (bicyclic) bond motifs is 2. The first-order valence-corrected chi connectivity index (χ1v) is 31.8. The van der Waals surface area contributed by atoms with Crippen LogP contribution in [0, 0.1) is 30.6 Å². The lowest BCUT2D eigenvalue weighted by Gasteiger charge is -2.36. The molecule has 2 aromatic carbocycles. The summed E-state index contributed by atoms with van der Waals surface area (Å²) in [7, 11) is -9.64. The van der Waals surface area contributed by atoms with Crippen molar-refractivity contribution in [2.75, 3.05) is 56.6 Å². The van der Waals surface area contributed by atoms with Crippen molar-refractivity contribution in [3.05, 3.63) is 69.6 Å². The molecular formula is C58H76N6O22P2. The number of hydrogen-bond acceptors (Lipinski definition) is 21. The van der Waals surface area contributed by atoms with Crippen molar-refractivity contribution in [1.29, 1.82) is 0 Å². The number of carbonyl (C=O) groups excluding carboxylic acids is 6. The molecule has 10 N–H and O–H groups in total. The van der Waals surface area contributed by atoms with Crippen LogP contribution in [0.25, 0.3) is 33.3 Å². The highest BCUT2D eigenvalue weighted by atomic mass is 31.2. The molecule has 8 atom stereocenters. The maximum atomic E-state index is 15.1. The predicted molar refractivity (Wildman–Crippen MR) is 318 cm³/mol. The van der Waals surface area contributed by atoms with Gasteiger partial charge in [-0.2, -0.15) is 0 Å². The summed E-state index contributed by atoms with van der Waals surface area (Å²) in [5.41, 5.74) is -4.24. The lowest BCUT2D eigenvalue weighted by molar-refractivity contribution is -0.162. The van der Waals surface area contributed by atoms with Gasteiger partial charge in [0.1, 0.15) is 46.4 Å². The number of allylic oxidation sites excluding steroid dienone is 2. The minimum absolute atomic E-state index is 0.00573. The Balaban J connectivity index is 1.26. The number of aromatic nitrogens is 1. The second-order valence-electron chi connectivity index (χ2n) is 22.9. The summed E-state index contributed by atoms with van der Waals surface area (Å²) in [4.78, 5) is 142. The van der Waals surface area contributed by atoms with Gasteiger partial charge >= 0.3 is 32.9 Å². The zero-order valence-corrected chi connectivity index (χ0v) is 52.1. The van der Waals surface area contributed by atoms with E-state index in [1.54, 1.807) is 38.2 Å². The zero-order chi connectivity index (χ0) is 65.1. The Kier molecular flexibility index (Phi) is 21.4. The number of benzene rings is 3. The summed E-state index contributed by atoms with van der Waals surface area (Å²) in [5.74, 6) is -11.2. The Bertz CT molecular complexity index is 3560. The van der Waals surface area contributed by atoms with Gasteiger partial charge in [0.2, 0.25) is 22.8 Å². The van der Waals surface area contributed by atoms with Gasteiger partial charge in [-0.1, -0.05) is 52.8 Å². The number of aliphatic hydroxyl groups excluding tert-OH is 1. The van der Waals surface area contributed by atoms with Gasteiger partial charge in [0.15, 0.2) is 11.3 Å². The van der Waals surface area contributed by atoms with Crippen LogP contribution in [-0.4, -0.2) is 162 Å². The summed E-state index contributed by atoms with van der Waals surface area (Å²) >= 11 is 0. The molecule has 7 rings (SSSR count). The molecule has 2 aromatic rings. The number of piperazine rings is 1. The Labute approximate surface area is 505 Å². The summed E-state index contributed by atoms with van der Waals surface area (Å²) in [6.07, 6.45) is 0.370. The van der Waals surface area contributed by atoms with Gasteiger partial charge in [0, 0.05) is 132 Å². The standard InChI is InChI=1S/C58H76N6O22P2/c1-28(2)27-63-19-21-64(22-20-63)35-24-37(66)46-39(25-35)84-54-47(61-46)43-44-50(71)33(7)53-45(43)55(73)58(9,86-53)82-23-17-36(81-10)26-38(83-34(8)65)31(5)49(70)32(6)52(29(3)12-11-13-30(4)56(74)62-48(54)51(44)72)85-42(69)15-14-40(67)59-18-16-41(68)60-57(87(75,76)77)88(78,79)80/h11-13,17,23-25,28-29,31-32,36,38,49,52,57,66,70-71H,14-16,18-22,26-27H2,1-10H3,(H,59,67)(H,60,68)(H,62,74)(H2,75,76,77)(H2,78,79,80)/b12-11+,23-17+,30-13-/t29-,31-,32-,36-,38+,49-,52-,58-/m0/s1. The van der Waals surface area contributed by atoms with E-state index in [2.05, 4.69) is 34.3 Å². The third-order valence-electron chi connectivity index (χ3n) is 15.7. The highest BCUT2D eigenvalue weighted by Crippen LogP contribution is 2.58. The van der Waals surface area contributed by atoms with E-state index >= 15 is 4.79 Å². The Morgan fingerprint density at radius 1 is 0.909 bits per heavy atom. The van der Waals surface area contributed by atoms with Crippen molar-refractivity contribution in [1.82, 2.24) is 20.5 Å². The summed E-state index contributed by atoms with van der Waals surface area (Å²) in [6.45, 7) is 17.5. The summed E-state index contributed by atoms with van der Waals surface area (Å²) < 4.78 is 59.5. The van der Waals surface area contributed by atoms with Crippen LogP contribution in [-0.2, 0) is 52.1 Å². The van der Waals surface area contributed by atoms with E-state index in [-0.39, 0.29) is 62.6 Å². The number of anilines is 2. The molecule has 1 fully saturated rings. The number of phenols is 2. The van der Waals surface area contributed by atoms with Crippen LogP contribution in [0.4, 0.5) is 11.4 Å². The molecule has 0 saturated carbocycles. The van der Waals surface area contributed by atoms with E-state index in [4.69, 9.17) is 33.1 Å². The van der Waals surface area contributed by atoms with E-state index in [9.17, 15) is 72.8 Å². The number of Topliss-reactive ketones (excluding diaryl/α,β-unsaturated/α-hetero) is 1. The van der Waals surface area contributed by atoms with Crippen LogP contribution in [0.3, 0.4) is 0 Å². The van der Waals surface area contributed by atoms with Crippen molar-refractivity contribution in [3.63, 3.8) is 0 Å². The first kappa shape index (κ1) is 68.2. The Morgan fingerprint density at radius 3 is 2.20 bits per heavy atom. The number of aliphatic hydroxyl groups is 1. The first-order valence-electron chi connectivity index (χ1n) is 28.4. The third kappa shape index (κ3) is 15.4. The molecule has 4 heterocycles. The number of carbonyl (C=O) groups is 6. The summed E-state index contributed by atoms with van der Waals surface area (Å²) in [6, 6.07) is 3.18. The number of aromatic hydroxyl groups is 2. The number of nitrogens with one attached hydrogen (secondary N) is 3. The molecule has 1 saturated heterocycles. The quantitative estimate of drug-likeness (QED) is 0.0331. The fourth-order valence-electron chi connectivity index (χ4n) is 10.9. The monoisotopic (exact) mass is 1270 g/mol. The van der Waals surface area contributed by atoms with Crippen LogP contribution in [0.2, 0.25) is 0 Å². The fraction of sp³-hybridized carbons (Fsp3) is 0.517. The van der Waals surface area contributed by atoms with Gasteiger partial charge < -0.3 is 83.8 Å². The third-order valence-corrected chi connectivity index (χ3v) is 19.1. The summed E-state index contributed by atoms with van der Waals surface area (Å²) in [5, 5.41) is 41.7. The van der Waals surface area contributed by atoms with Gasteiger partial charge in [0.25, 0.3) is 11.7 Å². The highest BCUT2D eigenvalue weighted by Gasteiger charge is 2.50. The number of ketones is 1. The number of nitrogens with zero attached hydrogens (tertiary/aromatic N) is 3. The number of esters is 2. The maximum Gasteiger partial charge on any atom is 0.360 e. The Hall–Kier alpha value is -7.26. The largest absolute Gasteiger partial charge is 0.507 e. The molecule has 0 unspecified atom stereocenters. The van der Waals surface area contributed by atoms with Crippen molar-refractivity contribution < 1.29 is 101 Å². The molecule has 30 heteroatoms. The van der Waals surface area contributed by atoms with E-state index in [1.807, 2.05) is 0 Å². The number of rotatable bonds is 15. The molecule has 28 nitrogen and oxygen atoms in total. The van der Waals surface area contributed by atoms with E-state index in [0.29, 0.717) is 24.7 Å². The minimum atomic E-state index is -5.49. The number of hydrogen-bond donors (Lipinski definition) is 10. The lowest BCUT2D eigenvalue weighted by atomic mass is 9.81. The van der Waals surface area contributed by atoms with Gasteiger partial charge in [0.05, 0.1) is 35.8 Å². The predicted octanol–water partition coefficient (Wildman–Crippen LogP) is 4.78. The van der Waals surface area contributed by atoms with Gasteiger partial charge in [-0.25, -0.2) is 4.98 Å². The molecule has 1 aliphatic carbocycles. The van der Waals surface area contributed by atoms with Crippen LogP contribution in [0.15, 0.2) is 57.5 Å². The van der Waals surface area contributed by atoms with E-state index in [0.717, 1.165) is 32.8 Å². The van der Waals surface area contributed by atoms with Crippen molar-refractivity contribution >= 4 is 83.9 Å². The maximum absolute atomic E-state index is 15.1. The molecule has 4 aliphatic heterocycles. The van der Waals surface area contributed by atoms with Crippen LogP contribution < -0.4 is 31.0 Å². The second-order valence-corrected chi connectivity index (χ2v) is 26.7. The molecule has 0 spiro atoms. The molecule has 0 aromatic heterocycles. The topological polar surface area (TPSA) is 410 Å². The highest BCUT2D eigenvalue weighted by molar-refractivity contribution is 7.70. The molecule has 3 amide bonds. The number of ether oxygens (including phenoxy) is 5. The molecule has 5 aliphatic rings. The molecule has 0 radical (unpaired) electrons. The zero-order valence-electron chi connectivity index (χ0n) is 50.3. The van der Waals surface area contributed by atoms with E-state index in [1.165, 1.54) is 52.2 Å². The number of methoxy groups -OCH3 is 1. The van der Waals surface area contributed by atoms with Crippen LogP contribution >= 0.6 is 15.2 Å². The second kappa shape index (κ2) is 27.6. The van der Waals surface area contributed by atoms with Crippen molar-refractivity contribution in [2.45, 2.75) is 124 Å². The molecule has 4 bridgehead atoms. The van der Waals surface area contributed by atoms with Crippen LogP contribution in [0.1, 0.15) is 97.0 Å². The van der Waals surface area contributed by atoms with Gasteiger partial charge in [-0.3, -0.25) is 47.6 Å². The minimum Gasteiger partial charge on any atom is -0.507 e. The SMILES string of the molecule is CO[C@H]1/C=C/O[C@@]2(C)Oc3c(C)c(O)c4c(=O)c(c5oc6cc(N7CCN(CC(C)C)CC7)cc(O)c6nc-5c4c3C2=O)NC(=O)/C(C)=C\C=C\[C@H](C)[C@H](OC(=O)CCC(=O)NCCC(=O)NC(P(=O)(O)O)P(=O)(O)O)[C@@H](C)[C@@H](O)[C@@H](C)[C@H](OC(C)=O)C1.